The van der Waals surface area contributed by atoms with E-state index in [9.17, 15) is 9.59 Å². The zero-order valence-electron chi connectivity index (χ0n) is 14.1. The number of carbonyl (C=O) groups is 1. The molecule has 27 heavy (non-hydrogen) atoms. The number of pyridine rings is 1. The average Bonchev–Trinajstić information content (AvgIpc) is 2.67. The number of rotatable bonds is 3. The molecule has 0 saturated heterocycles. The van der Waals surface area contributed by atoms with Gasteiger partial charge in [-0.15, -0.1) is 0 Å². The van der Waals surface area contributed by atoms with E-state index in [0.29, 0.717) is 22.4 Å². The van der Waals surface area contributed by atoms with Gasteiger partial charge in [-0.25, -0.2) is 4.98 Å². The van der Waals surface area contributed by atoms with Gasteiger partial charge in [0, 0.05) is 10.7 Å². The fourth-order valence-corrected chi connectivity index (χ4v) is 3.34. The van der Waals surface area contributed by atoms with Crippen LogP contribution in [0.2, 0.25) is 0 Å². The van der Waals surface area contributed by atoms with E-state index in [4.69, 9.17) is 0 Å². The normalized spacial score (nSPS) is 10.9. The summed E-state index contributed by atoms with van der Waals surface area (Å²) in [4.78, 5) is 34.9. The van der Waals surface area contributed by atoms with Gasteiger partial charge < -0.3 is 4.98 Å². The van der Waals surface area contributed by atoms with Crippen LogP contribution in [0.1, 0.15) is 16.3 Å². The molecule has 1 aromatic carbocycles. The fraction of sp³-hybridized carbons (Fsp3) is 0.0476. The molecule has 6 heteroatoms. The minimum absolute atomic E-state index is 0.0249. The van der Waals surface area contributed by atoms with E-state index >= 15 is 0 Å². The number of benzene rings is 2. The van der Waals surface area contributed by atoms with Gasteiger partial charge in [0.15, 0.2) is 5.78 Å². The maximum Gasteiger partial charge on any atom is 0.258 e. The summed E-state index contributed by atoms with van der Waals surface area (Å²) >= 11 is 3.37. The van der Waals surface area contributed by atoms with Crippen molar-refractivity contribution in [2.24, 2.45) is 0 Å². The van der Waals surface area contributed by atoms with Crippen LogP contribution in [0.4, 0.5) is 0 Å². The van der Waals surface area contributed by atoms with Gasteiger partial charge in [-0.1, -0.05) is 46.3 Å². The number of hydrogen-bond acceptors (Lipinski definition) is 4. The summed E-state index contributed by atoms with van der Waals surface area (Å²) in [6.45, 7) is 0. The number of aromatic nitrogens is 3. The number of aromatic amines is 1. The molecule has 3 aromatic rings. The fourth-order valence-electron chi connectivity index (χ4n) is 2.73. The number of carbonyl (C=O) groups excluding carboxylic acids is 1. The van der Waals surface area contributed by atoms with E-state index in [-0.39, 0.29) is 17.8 Å². The van der Waals surface area contributed by atoms with E-state index in [2.05, 4.69) is 49.1 Å². The minimum atomic E-state index is -0.237. The molecular weight excluding hydrogens is 406 g/mol. The number of H-pyrrole nitrogens is 1. The molecule has 0 saturated carbocycles. The molecule has 2 heterocycles. The molecule has 5 rings (SSSR count). The molecule has 0 radical (unpaired) electrons. The van der Waals surface area contributed by atoms with Crippen molar-refractivity contribution in [3.63, 3.8) is 0 Å². The average molecular weight is 420 g/mol. The van der Waals surface area contributed by atoms with Crippen LogP contribution in [-0.2, 0) is 6.42 Å². The Morgan fingerprint density at radius 2 is 1.85 bits per heavy atom. The summed E-state index contributed by atoms with van der Waals surface area (Å²) in [5.41, 5.74) is 0.711. The van der Waals surface area contributed by atoms with Crippen molar-refractivity contribution in [2.45, 2.75) is 6.42 Å². The summed E-state index contributed by atoms with van der Waals surface area (Å²) in [5, 5.41) is 3.30. The van der Waals surface area contributed by atoms with Crippen molar-refractivity contribution in [1.82, 2.24) is 15.0 Å². The Morgan fingerprint density at radius 3 is 2.44 bits per heavy atom. The number of halogens is 1. The van der Waals surface area contributed by atoms with Gasteiger partial charge in [0.2, 0.25) is 0 Å². The Bertz CT molecular complexity index is 1300. The largest absolute Gasteiger partial charge is 0.310 e. The standard InChI is InChI=1S/C15H11N3O2.C6H3Br/c19-13(12-7-3-4-8-16-12)9-14-17-11-6-2-1-5-10(11)15(20)18-14;7-6-3-4-1-2-5(4)6/h1-8H,9H2,(H,17,18,20);1-3H. The minimum Gasteiger partial charge on any atom is -0.310 e. The van der Waals surface area contributed by atoms with Crippen LogP contribution < -0.4 is 5.56 Å². The van der Waals surface area contributed by atoms with E-state index in [1.165, 1.54) is 14.9 Å². The Morgan fingerprint density at radius 1 is 1.04 bits per heavy atom. The lowest BCUT2D eigenvalue weighted by atomic mass is 10.1. The molecule has 2 aliphatic rings. The predicted octanol–water partition coefficient (Wildman–Crippen LogP) is 3.79. The quantitative estimate of drug-likeness (QED) is 0.451. The van der Waals surface area contributed by atoms with Crippen LogP contribution in [0.5, 0.6) is 0 Å². The second kappa shape index (κ2) is 7.25. The van der Waals surface area contributed by atoms with Crippen molar-refractivity contribution >= 4 is 32.6 Å². The first kappa shape index (κ1) is 17.3. The van der Waals surface area contributed by atoms with E-state index in [0.717, 1.165) is 0 Å². The highest BCUT2D eigenvalue weighted by atomic mass is 79.9. The molecule has 2 aliphatic carbocycles. The molecule has 2 aromatic heterocycles. The monoisotopic (exact) mass is 419 g/mol. The summed E-state index contributed by atoms with van der Waals surface area (Å²) in [7, 11) is 0. The second-order valence-electron chi connectivity index (χ2n) is 6.04. The van der Waals surface area contributed by atoms with Crippen molar-refractivity contribution in [3.05, 3.63) is 104 Å². The topological polar surface area (TPSA) is 75.7 Å². The Labute approximate surface area is 162 Å². The molecule has 0 atom stereocenters. The van der Waals surface area contributed by atoms with Gasteiger partial charge >= 0.3 is 0 Å². The summed E-state index contributed by atoms with van der Waals surface area (Å²) in [6.07, 6.45) is 1.58. The summed E-state index contributed by atoms with van der Waals surface area (Å²) in [5.74, 6) is 0.174. The third kappa shape index (κ3) is 3.57. The highest BCUT2D eigenvalue weighted by molar-refractivity contribution is 9.10. The van der Waals surface area contributed by atoms with Gasteiger partial charge in [0.05, 0.1) is 17.3 Å². The van der Waals surface area contributed by atoms with Gasteiger partial charge in [-0.2, -0.15) is 0 Å². The van der Waals surface area contributed by atoms with Crippen molar-refractivity contribution in [3.8, 4) is 0 Å². The summed E-state index contributed by atoms with van der Waals surface area (Å²) < 4.78 is 1.25. The van der Waals surface area contributed by atoms with Crippen molar-refractivity contribution in [1.29, 1.82) is 0 Å². The molecule has 0 aliphatic heterocycles. The first-order valence-corrected chi connectivity index (χ1v) is 9.13. The Kier molecular flexibility index (Phi) is 4.64. The smallest absolute Gasteiger partial charge is 0.258 e. The van der Waals surface area contributed by atoms with E-state index in [1.807, 2.05) is 0 Å². The van der Waals surface area contributed by atoms with E-state index < -0.39 is 0 Å². The highest BCUT2D eigenvalue weighted by Gasteiger charge is 2.11. The predicted molar refractivity (Wildman–Crippen MR) is 106 cm³/mol. The number of fused-ring (bicyclic) bond motifs is 1. The lowest BCUT2D eigenvalue weighted by molar-refractivity contribution is 0.0986. The second-order valence-corrected chi connectivity index (χ2v) is 6.89. The zero-order chi connectivity index (χ0) is 18.8. The maximum atomic E-state index is 12.0. The molecule has 1 N–H and O–H groups in total. The van der Waals surface area contributed by atoms with Gasteiger partial charge in [0.25, 0.3) is 5.56 Å². The number of ketones is 1. The number of nitrogens with one attached hydrogen (secondary N) is 1. The van der Waals surface area contributed by atoms with Crippen molar-refractivity contribution in [2.75, 3.05) is 0 Å². The lowest BCUT2D eigenvalue weighted by Gasteiger charge is -2.02. The third-order valence-electron chi connectivity index (χ3n) is 4.22. The SMILES string of the molecule is Brc1cc2ccc1=2.O=C(Cc1nc2ccccc2c(=O)[nH]1)c1ccccn1. The van der Waals surface area contributed by atoms with Crippen LogP contribution in [-0.4, -0.2) is 20.7 Å². The van der Waals surface area contributed by atoms with Crippen LogP contribution >= 0.6 is 15.9 Å². The first-order valence-electron chi connectivity index (χ1n) is 8.34. The van der Waals surface area contributed by atoms with Crippen molar-refractivity contribution < 1.29 is 4.79 Å². The Hall–Kier alpha value is -3.12. The molecule has 0 fully saturated rings. The lowest BCUT2D eigenvalue weighted by Crippen LogP contribution is -2.15. The highest BCUT2D eigenvalue weighted by Crippen LogP contribution is 2.20. The molecule has 0 bridgehead atoms. The molecule has 0 spiro atoms. The van der Waals surface area contributed by atoms with E-state index in [1.54, 1.807) is 48.7 Å². The Balaban J connectivity index is 0.000000213. The van der Waals surface area contributed by atoms with Gasteiger partial charge in [-0.05, 0) is 40.8 Å². The molecule has 132 valence electrons. The van der Waals surface area contributed by atoms with Crippen LogP contribution in [0.15, 0.2) is 76.1 Å². The zero-order valence-corrected chi connectivity index (χ0v) is 15.7. The number of para-hydroxylation sites is 1. The molecule has 0 unspecified atom stereocenters. The molecule has 5 nitrogen and oxygen atoms in total. The third-order valence-corrected chi connectivity index (χ3v) is 4.88. The van der Waals surface area contributed by atoms with Crippen LogP contribution in [0.3, 0.4) is 0 Å². The first-order chi connectivity index (χ1) is 13.1. The van der Waals surface area contributed by atoms with Gasteiger partial charge in [0.1, 0.15) is 11.5 Å². The number of hydrogen-bond donors (Lipinski definition) is 1. The van der Waals surface area contributed by atoms with Gasteiger partial charge in [-0.3, -0.25) is 14.6 Å². The van der Waals surface area contributed by atoms with Crippen LogP contribution in [0, 0.1) is 10.4 Å². The molecular formula is C21H14BrN3O2. The van der Waals surface area contributed by atoms with Crippen LogP contribution in [0.25, 0.3) is 10.9 Å². The number of nitrogens with zero attached hydrogens (tertiary/aromatic N) is 2. The number of Topliss-reactive ketones (excluding diaryl/α,β-unsaturated/α-hetero) is 1. The molecule has 0 amide bonds. The summed E-state index contributed by atoms with van der Waals surface area (Å²) in [6, 6.07) is 18.5. The maximum absolute atomic E-state index is 12.0.